The van der Waals surface area contributed by atoms with Crippen molar-refractivity contribution in [3.05, 3.63) is 84.5 Å². The second kappa shape index (κ2) is 19.5. The molecule has 0 spiro atoms. The molecule has 0 N–H and O–H groups in total. The summed E-state index contributed by atoms with van der Waals surface area (Å²) in [5.41, 5.74) is 3.74. The molecular formula is C35H48O6. The lowest BCUT2D eigenvalue weighted by molar-refractivity contribution is -0.143. The summed E-state index contributed by atoms with van der Waals surface area (Å²) < 4.78 is 22.3. The number of carbonyl (C=O) groups excluding carboxylic acids is 2. The van der Waals surface area contributed by atoms with Gasteiger partial charge in [-0.2, -0.15) is 0 Å². The highest BCUT2D eigenvalue weighted by Gasteiger charge is 2.08. The van der Waals surface area contributed by atoms with E-state index in [4.69, 9.17) is 18.9 Å². The van der Waals surface area contributed by atoms with Crippen molar-refractivity contribution in [1.82, 2.24) is 0 Å². The van der Waals surface area contributed by atoms with E-state index in [0.29, 0.717) is 13.2 Å². The van der Waals surface area contributed by atoms with Crippen LogP contribution in [0.5, 0.6) is 11.5 Å². The Kier molecular flexibility index (Phi) is 16.0. The summed E-state index contributed by atoms with van der Waals surface area (Å²) in [7, 11) is 0. The highest BCUT2D eigenvalue weighted by molar-refractivity contribution is 5.81. The van der Waals surface area contributed by atoms with Gasteiger partial charge in [-0.15, -0.1) is 0 Å². The van der Waals surface area contributed by atoms with Crippen molar-refractivity contribution in [2.75, 3.05) is 13.2 Å². The molecule has 0 aliphatic heterocycles. The molecule has 41 heavy (non-hydrogen) atoms. The second-order valence-corrected chi connectivity index (χ2v) is 10.5. The molecule has 2 aromatic carbocycles. The smallest absolute Gasteiger partial charge is 0.330 e. The highest BCUT2D eigenvalue weighted by atomic mass is 16.5. The van der Waals surface area contributed by atoms with Gasteiger partial charge in [0, 0.05) is 12.2 Å². The van der Waals surface area contributed by atoms with Crippen molar-refractivity contribution >= 4 is 11.9 Å². The van der Waals surface area contributed by atoms with Crippen molar-refractivity contribution in [3.8, 4) is 11.5 Å². The lowest BCUT2D eigenvalue weighted by atomic mass is 10.0. The van der Waals surface area contributed by atoms with Gasteiger partial charge in [0.15, 0.2) is 0 Å². The first-order valence-corrected chi connectivity index (χ1v) is 14.9. The fraction of sp³-hybridized carbons (Fsp3) is 0.486. The first kappa shape index (κ1) is 33.7. The highest BCUT2D eigenvalue weighted by Crippen LogP contribution is 2.22. The zero-order chi connectivity index (χ0) is 29.9. The number of esters is 2. The second-order valence-electron chi connectivity index (χ2n) is 10.5. The van der Waals surface area contributed by atoms with Crippen LogP contribution in [0.2, 0.25) is 0 Å². The largest absolute Gasteiger partial charge is 0.494 e. The maximum absolute atomic E-state index is 11.2. The average Bonchev–Trinajstić information content (AvgIpc) is 2.96. The van der Waals surface area contributed by atoms with E-state index in [9.17, 15) is 9.59 Å². The Hall–Kier alpha value is -3.54. The molecule has 0 saturated heterocycles. The van der Waals surface area contributed by atoms with Crippen LogP contribution >= 0.6 is 0 Å². The fourth-order valence-electron chi connectivity index (χ4n) is 4.47. The monoisotopic (exact) mass is 564 g/mol. The van der Waals surface area contributed by atoms with Crippen molar-refractivity contribution < 1.29 is 28.5 Å². The Morgan fingerprint density at radius 1 is 0.707 bits per heavy atom. The number of hydrogen-bond acceptors (Lipinski definition) is 6. The minimum atomic E-state index is -0.362. The van der Waals surface area contributed by atoms with Crippen molar-refractivity contribution in [3.63, 3.8) is 0 Å². The topological polar surface area (TPSA) is 71.1 Å². The summed E-state index contributed by atoms with van der Waals surface area (Å²) in [6.07, 6.45) is 11.9. The van der Waals surface area contributed by atoms with Crippen LogP contribution in [0.25, 0.3) is 0 Å². The fourth-order valence-corrected chi connectivity index (χ4v) is 4.47. The van der Waals surface area contributed by atoms with Gasteiger partial charge in [0.25, 0.3) is 0 Å². The minimum Gasteiger partial charge on any atom is -0.494 e. The van der Waals surface area contributed by atoms with Gasteiger partial charge in [0.05, 0.1) is 25.4 Å². The Morgan fingerprint density at radius 3 is 1.76 bits per heavy atom. The summed E-state index contributed by atoms with van der Waals surface area (Å²) in [4.78, 5) is 22.4. The first-order chi connectivity index (χ1) is 19.8. The molecule has 6 heteroatoms. The van der Waals surface area contributed by atoms with Crippen LogP contribution in [0.4, 0.5) is 0 Å². The van der Waals surface area contributed by atoms with E-state index in [-0.39, 0.29) is 24.1 Å². The molecule has 6 nitrogen and oxygen atoms in total. The maximum Gasteiger partial charge on any atom is 0.330 e. The number of ether oxygens (including phenoxy) is 4. The molecule has 2 unspecified atom stereocenters. The van der Waals surface area contributed by atoms with Crippen LogP contribution in [0.15, 0.2) is 67.8 Å². The van der Waals surface area contributed by atoms with Gasteiger partial charge in [-0.1, -0.05) is 37.4 Å². The van der Waals surface area contributed by atoms with Crippen molar-refractivity contribution in [2.24, 2.45) is 0 Å². The van der Waals surface area contributed by atoms with Crippen molar-refractivity contribution in [2.45, 2.75) is 97.2 Å². The van der Waals surface area contributed by atoms with E-state index >= 15 is 0 Å². The molecule has 224 valence electrons. The standard InChI is InChI=1S/C35H48O6/c1-6-34(36)40-28(4)14-10-8-12-24-38-32-21-18-30(19-22-32)16-17-31-20-23-33(27(3)26-31)39-25-13-9-11-15-29(5)41-35(37)7-2/h6-7,18-23,26,28-29H,1-2,8-17,24-25H2,3-5H3. The maximum atomic E-state index is 11.2. The Labute approximate surface area is 246 Å². The van der Waals surface area contributed by atoms with E-state index < -0.39 is 0 Å². The molecular weight excluding hydrogens is 516 g/mol. The lowest BCUT2D eigenvalue weighted by Gasteiger charge is -2.13. The van der Waals surface area contributed by atoms with E-state index in [0.717, 1.165) is 81.3 Å². The summed E-state index contributed by atoms with van der Waals surface area (Å²) in [5, 5.41) is 0. The van der Waals surface area contributed by atoms with Crippen LogP contribution in [0.1, 0.15) is 81.9 Å². The number of rotatable bonds is 21. The van der Waals surface area contributed by atoms with E-state index in [1.54, 1.807) is 0 Å². The zero-order valence-corrected chi connectivity index (χ0v) is 25.2. The van der Waals surface area contributed by atoms with Gasteiger partial charge in [-0.05, 0) is 120 Å². The van der Waals surface area contributed by atoms with E-state index in [1.807, 2.05) is 26.0 Å². The summed E-state index contributed by atoms with van der Waals surface area (Å²) in [6, 6.07) is 14.8. The van der Waals surface area contributed by atoms with Gasteiger partial charge < -0.3 is 18.9 Å². The third-order valence-electron chi connectivity index (χ3n) is 6.87. The molecule has 2 rings (SSSR count). The van der Waals surface area contributed by atoms with Gasteiger partial charge in [0.2, 0.25) is 0 Å². The summed E-state index contributed by atoms with van der Waals surface area (Å²) >= 11 is 0. The van der Waals surface area contributed by atoms with E-state index in [1.165, 1.54) is 23.3 Å². The first-order valence-electron chi connectivity index (χ1n) is 14.9. The Bertz CT molecular complexity index is 1070. The van der Waals surface area contributed by atoms with Gasteiger partial charge >= 0.3 is 11.9 Å². The minimum absolute atomic E-state index is 0.0800. The average molecular weight is 565 g/mol. The number of benzene rings is 2. The van der Waals surface area contributed by atoms with Crippen LogP contribution in [-0.4, -0.2) is 37.4 Å². The number of hydrogen-bond donors (Lipinski definition) is 0. The number of carbonyl (C=O) groups is 2. The van der Waals surface area contributed by atoms with Gasteiger partial charge in [-0.3, -0.25) is 0 Å². The molecule has 0 bridgehead atoms. The van der Waals surface area contributed by atoms with Crippen LogP contribution in [0.3, 0.4) is 0 Å². The van der Waals surface area contributed by atoms with Crippen LogP contribution in [0, 0.1) is 6.92 Å². The number of aryl methyl sites for hydroxylation is 3. The van der Waals surface area contributed by atoms with Gasteiger partial charge in [0.1, 0.15) is 11.5 Å². The number of unbranched alkanes of at least 4 members (excludes halogenated alkanes) is 4. The molecule has 2 aromatic rings. The normalized spacial score (nSPS) is 12.2. The molecule has 0 fully saturated rings. The molecule has 0 aliphatic rings. The van der Waals surface area contributed by atoms with Gasteiger partial charge in [-0.25, -0.2) is 9.59 Å². The third kappa shape index (κ3) is 14.6. The molecule has 2 atom stereocenters. The molecule has 0 radical (unpaired) electrons. The van der Waals surface area contributed by atoms with Crippen LogP contribution in [-0.2, 0) is 31.9 Å². The summed E-state index contributed by atoms with van der Waals surface area (Å²) in [6.45, 7) is 14.1. The zero-order valence-electron chi connectivity index (χ0n) is 25.2. The lowest BCUT2D eigenvalue weighted by Crippen LogP contribution is -2.12. The third-order valence-corrected chi connectivity index (χ3v) is 6.87. The summed E-state index contributed by atoms with van der Waals surface area (Å²) in [5.74, 6) is 1.11. The quantitative estimate of drug-likeness (QED) is 0.0872. The molecule has 0 amide bonds. The predicted octanol–water partition coefficient (Wildman–Crippen LogP) is 7.89. The molecule has 0 aromatic heterocycles. The van der Waals surface area contributed by atoms with E-state index in [2.05, 4.69) is 50.4 Å². The van der Waals surface area contributed by atoms with Crippen LogP contribution < -0.4 is 9.47 Å². The molecule has 0 saturated carbocycles. The van der Waals surface area contributed by atoms with Crippen molar-refractivity contribution in [1.29, 1.82) is 0 Å². The predicted molar refractivity (Wildman–Crippen MR) is 164 cm³/mol. The molecule has 0 aliphatic carbocycles. The SMILES string of the molecule is C=CC(=O)OC(C)CCCCCOc1ccc(CCc2ccc(OCCCCCC(C)OC(=O)C=C)c(C)c2)cc1. The molecule has 0 heterocycles. The Balaban J connectivity index is 1.60. The Morgan fingerprint density at radius 2 is 1.22 bits per heavy atom.